The zero-order chi connectivity index (χ0) is 32.0. The normalized spacial score (nSPS) is 18.0. The summed E-state index contributed by atoms with van der Waals surface area (Å²) in [4.78, 5) is 10.4. The molecule has 2 aliphatic rings. The van der Waals surface area contributed by atoms with Crippen LogP contribution in [0.4, 0.5) is 36.3 Å². The molecule has 0 amide bonds. The molecule has 11 nitrogen and oxygen atoms in total. The molecular weight excluding hydrogens is 599 g/mol. The zero-order valence-corrected chi connectivity index (χ0v) is 26.2. The molecule has 1 aromatic carbocycles. The van der Waals surface area contributed by atoms with Gasteiger partial charge in [-0.15, -0.1) is 0 Å². The van der Waals surface area contributed by atoms with Crippen molar-refractivity contribution in [2.45, 2.75) is 75.4 Å². The number of likely N-dealkylation sites (tertiary alicyclic amines) is 1. The SMILES string of the molecule is Cc1cc(Nc2ncc(C(F)(F)F)c(Nc3cn(C)nc3S(=O)(=O)C(C)C)n2)c2c(c1C1CCN(CCO)CC1)CC(C)O2. The molecule has 15 heteroatoms. The molecule has 2 aliphatic heterocycles. The minimum Gasteiger partial charge on any atom is -0.488 e. The number of nitrogens with one attached hydrogen (secondary N) is 2. The number of fused-ring (bicyclic) bond motifs is 1. The first kappa shape index (κ1) is 32.0. The predicted molar refractivity (Wildman–Crippen MR) is 160 cm³/mol. The molecule has 0 radical (unpaired) electrons. The van der Waals surface area contributed by atoms with Crippen molar-refractivity contribution >= 4 is 33.0 Å². The smallest absolute Gasteiger partial charge is 0.421 e. The van der Waals surface area contributed by atoms with Gasteiger partial charge in [0.2, 0.25) is 20.8 Å². The van der Waals surface area contributed by atoms with E-state index in [9.17, 15) is 26.7 Å². The quantitative estimate of drug-likeness (QED) is 0.303. The maximum absolute atomic E-state index is 14.0. The van der Waals surface area contributed by atoms with Gasteiger partial charge in [0.15, 0.2) is 0 Å². The lowest BCUT2D eigenvalue weighted by molar-refractivity contribution is -0.137. The Kier molecular flexibility index (Phi) is 8.84. The molecule has 5 rings (SSSR count). The fraction of sp³-hybridized carbons (Fsp3) is 0.552. The molecule has 2 aromatic heterocycles. The van der Waals surface area contributed by atoms with Gasteiger partial charge in [0.05, 0.1) is 23.2 Å². The van der Waals surface area contributed by atoms with Crippen LogP contribution in [0.3, 0.4) is 0 Å². The minimum absolute atomic E-state index is 0.0850. The summed E-state index contributed by atoms with van der Waals surface area (Å²) in [5.74, 6) is 0.228. The molecule has 1 unspecified atom stereocenters. The van der Waals surface area contributed by atoms with E-state index in [-0.39, 0.29) is 29.4 Å². The number of piperidine rings is 1. The molecule has 1 atom stereocenters. The van der Waals surface area contributed by atoms with Crippen LogP contribution >= 0.6 is 0 Å². The first-order chi connectivity index (χ1) is 20.7. The summed E-state index contributed by atoms with van der Waals surface area (Å²) in [7, 11) is -2.44. The number of sulfone groups is 1. The second-order valence-electron chi connectivity index (χ2n) is 11.8. The van der Waals surface area contributed by atoms with Crippen molar-refractivity contribution in [3.8, 4) is 5.75 Å². The van der Waals surface area contributed by atoms with Gasteiger partial charge in [-0.3, -0.25) is 4.68 Å². The first-order valence-electron chi connectivity index (χ1n) is 14.6. The Hall–Kier alpha value is -3.43. The van der Waals surface area contributed by atoms with Gasteiger partial charge < -0.3 is 25.4 Å². The number of hydrogen-bond acceptors (Lipinski definition) is 10. The summed E-state index contributed by atoms with van der Waals surface area (Å²) in [6, 6.07) is 1.91. The monoisotopic (exact) mass is 637 g/mol. The van der Waals surface area contributed by atoms with Gasteiger partial charge in [-0.25, -0.2) is 13.4 Å². The number of halogens is 3. The number of nitrogens with zero attached hydrogens (tertiary/aromatic N) is 5. The highest BCUT2D eigenvalue weighted by atomic mass is 32.2. The van der Waals surface area contributed by atoms with Gasteiger partial charge in [0.25, 0.3) is 0 Å². The Balaban J connectivity index is 1.50. The van der Waals surface area contributed by atoms with E-state index in [1.807, 2.05) is 19.9 Å². The number of aliphatic hydroxyl groups excluding tert-OH is 1. The van der Waals surface area contributed by atoms with E-state index < -0.39 is 32.6 Å². The lowest BCUT2D eigenvalue weighted by Crippen LogP contribution is -2.35. The van der Waals surface area contributed by atoms with E-state index in [2.05, 4.69) is 30.6 Å². The first-order valence-corrected chi connectivity index (χ1v) is 16.2. The summed E-state index contributed by atoms with van der Waals surface area (Å²) in [5.41, 5.74) is 2.61. The second kappa shape index (κ2) is 12.2. The van der Waals surface area contributed by atoms with Gasteiger partial charge in [0, 0.05) is 38.0 Å². The number of β-amino-alcohol motifs (C(OH)–C–C–N with tert-alkyl or cyclic N) is 1. The van der Waals surface area contributed by atoms with Gasteiger partial charge in [0.1, 0.15) is 23.2 Å². The molecule has 240 valence electrons. The van der Waals surface area contributed by atoms with Crippen molar-refractivity contribution < 1.29 is 31.4 Å². The van der Waals surface area contributed by atoms with E-state index in [0.717, 1.165) is 37.1 Å². The fourth-order valence-electron chi connectivity index (χ4n) is 5.98. The third-order valence-corrected chi connectivity index (χ3v) is 10.2. The van der Waals surface area contributed by atoms with Crippen LogP contribution in [0.2, 0.25) is 0 Å². The Morgan fingerprint density at radius 1 is 1.18 bits per heavy atom. The molecule has 0 bridgehead atoms. The average molecular weight is 638 g/mol. The molecule has 1 saturated heterocycles. The molecule has 44 heavy (non-hydrogen) atoms. The molecule has 0 spiro atoms. The van der Waals surface area contributed by atoms with Crippen LogP contribution in [0.15, 0.2) is 23.5 Å². The maximum Gasteiger partial charge on any atom is 0.421 e. The molecule has 3 aromatic rings. The van der Waals surface area contributed by atoms with Gasteiger partial charge >= 0.3 is 6.18 Å². The lowest BCUT2D eigenvalue weighted by Gasteiger charge is -2.33. The fourth-order valence-corrected chi connectivity index (χ4v) is 7.08. The molecule has 1 fully saturated rings. The summed E-state index contributed by atoms with van der Waals surface area (Å²) >= 11 is 0. The van der Waals surface area contributed by atoms with Crippen molar-refractivity contribution in [1.82, 2.24) is 24.6 Å². The topological polar surface area (TPSA) is 134 Å². The van der Waals surface area contributed by atoms with Crippen molar-refractivity contribution in [3.05, 3.63) is 40.7 Å². The summed E-state index contributed by atoms with van der Waals surface area (Å²) in [6.45, 7) is 9.50. The number of aliphatic hydroxyl groups is 1. The summed E-state index contributed by atoms with van der Waals surface area (Å²) in [5, 5.41) is 17.7. The van der Waals surface area contributed by atoms with Crippen molar-refractivity contribution in [2.75, 3.05) is 36.9 Å². The summed E-state index contributed by atoms with van der Waals surface area (Å²) < 4.78 is 75.3. The number of alkyl halides is 3. The third kappa shape index (κ3) is 6.35. The molecule has 0 saturated carbocycles. The standard InChI is InChI=1S/C29H38F3N7O4S/c1-16(2)44(41,42)27-23(15-38(5)37-27)34-26-21(29(30,31)32)14-33-28(36-26)35-22-12-17(3)24(20-13-18(4)43-25(20)22)19-6-8-39(9-7-19)10-11-40/h12,14-16,18-19,40H,6-11,13H2,1-5H3,(H2,33,34,35,36). The number of aromatic nitrogens is 4. The van der Waals surface area contributed by atoms with Crippen molar-refractivity contribution in [1.29, 1.82) is 0 Å². The predicted octanol–water partition coefficient (Wildman–Crippen LogP) is 4.70. The van der Waals surface area contributed by atoms with Crippen LogP contribution < -0.4 is 15.4 Å². The van der Waals surface area contributed by atoms with Crippen LogP contribution in [-0.2, 0) is 29.5 Å². The molecule has 3 N–H and O–H groups in total. The van der Waals surface area contributed by atoms with E-state index in [4.69, 9.17) is 4.74 Å². The Labute approximate surface area is 254 Å². The number of rotatable bonds is 9. The van der Waals surface area contributed by atoms with Gasteiger partial charge in [-0.2, -0.15) is 23.3 Å². The number of ether oxygens (including phenoxy) is 1. The highest BCUT2D eigenvalue weighted by Crippen LogP contribution is 2.46. The van der Waals surface area contributed by atoms with E-state index in [0.29, 0.717) is 36.5 Å². The van der Waals surface area contributed by atoms with Gasteiger partial charge in [-0.05, 0) is 76.7 Å². The number of hydrogen-bond donors (Lipinski definition) is 3. The molecular formula is C29H38F3N7O4S. The van der Waals surface area contributed by atoms with Crippen LogP contribution in [0.25, 0.3) is 0 Å². The Morgan fingerprint density at radius 2 is 1.89 bits per heavy atom. The van der Waals surface area contributed by atoms with Crippen LogP contribution in [0.1, 0.15) is 61.8 Å². The molecule has 0 aliphatic carbocycles. The number of anilines is 4. The maximum atomic E-state index is 14.0. The van der Waals surface area contributed by atoms with Crippen LogP contribution in [-0.4, -0.2) is 75.8 Å². The summed E-state index contributed by atoms with van der Waals surface area (Å²) in [6.07, 6.45) is -0.336. The lowest BCUT2D eigenvalue weighted by atomic mass is 9.82. The third-order valence-electron chi connectivity index (χ3n) is 8.13. The highest BCUT2D eigenvalue weighted by Gasteiger charge is 2.37. The van der Waals surface area contributed by atoms with E-state index in [1.165, 1.54) is 37.3 Å². The average Bonchev–Trinajstić information content (AvgIpc) is 3.51. The number of benzene rings is 1. The molecule has 4 heterocycles. The van der Waals surface area contributed by atoms with Crippen molar-refractivity contribution in [2.24, 2.45) is 7.05 Å². The Morgan fingerprint density at radius 3 is 2.52 bits per heavy atom. The zero-order valence-electron chi connectivity index (χ0n) is 25.4. The highest BCUT2D eigenvalue weighted by molar-refractivity contribution is 7.92. The minimum atomic E-state index is -4.81. The van der Waals surface area contributed by atoms with Crippen LogP contribution in [0, 0.1) is 6.92 Å². The Bertz CT molecular complexity index is 1630. The number of aryl methyl sites for hydroxylation is 2. The van der Waals surface area contributed by atoms with E-state index in [1.54, 1.807) is 0 Å². The largest absolute Gasteiger partial charge is 0.488 e. The van der Waals surface area contributed by atoms with Crippen molar-refractivity contribution in [3.63, 3.8) is 0 Å². The van der Waals surface area contributed by atoms with Crippen LogP contribution in [0.5, 0.6) is 5.75 Å². The second-order valence-corrected chi connectivity index (χ2v) is 14.2. The van der Waals surface area contributed by atoms with E-state index >= 15 is 0 Å². The van der Waals surface area contributed by atoms with Gasteiger partial charge in [-0.1, -0.05) is 0 Å².